The molecule has 1 nitrogen and oxygen atoms in total. The second-order valence-electron chi connectivity index (χ2n) is 11.0. The van der Waals surface area contributed by atoms with Gasteiger partial charge in [-0.05, 0) is 98.7 Å². The minimum Gasteiger partial charge on any atom is -0.393 e. The Bertz CT molecular complexity index is 520. The summed E-state index contributed by atoms with van der Waals surface area (Å²) in [6.07, 6.45) is 18.9. The number of aliphatic hydroxyl groups excluding tert-OH is 1. The molecule has 0 radical (unpaired) electrons. The molecule has 0 saturated heterocycles. The van der Waals surface area contributed by atoms with Crippen molar-refractivity contribution < 1.29 is 5.11 Å². The summed E-state index contributed by atoms with van der Waals surface area (Å²) >= 11 is 0. The van der Waals surface area contributed by atoms with Crippen LogP contribution in [-0.4, -0.2) is 11.2 Å². The molecule has 4 rings (SSSR count). The largest absolute Gasteiger partial charge is 0.393 e. The molecule has 26 heavy (non-hydrogen) atoms. The summed E-state index contributed by atoms with van der Waals surface area (Å²) in [6, 6.07) is 0. The van der Waals surface area contributed by atoms with Crippen LogP contribution in [0, 0.1) is 40.9 Å². The minimum absolute atomic E-state index is 0.0513. The van der Waals surface area contributed by atoms with Gasteiger partial charge in [0.1, 0.15) is 0 Å². The fourth-order valence-electron chi connectivity index (χ4n) is 7.78. The SMILES string of the molecule is CC(C)CCCCC1CCC2C3CC=C4CC(O)CCC4C3CCC12C. The predicted octanol–water partition coefficient (Wildman–Crippen LogP) is 6.75. The van der Waals surface area contributed by atoms with Crippen molar-refractivity contribution in [3.05, 3.63) is 11.6 Å². The molecule has 4 aliphatic rings. The molecule has 3 fully saturated rings. The Morgan fingerprint density at radius 2 is 1.92 bits per heavy atom. The fraction of sp³-hybridized carbons (Fsp3) is 0.920. The van der Waals surface area contributed by atoms with E-state index < -0.39 is 0 Å². The molecule has 3 saturated carbocycles. The molecule has 1 heteroatoms. The molecule has 0 aromatic carbocycles. The van der Waals surface area contributed by atoms with Crippen molar-refractivity contribution in [3.8, 4) is 0 Å². The van der Waals surface area contributed by atoms with Gasteiger partial charge in [-0.2, -0.15) is 0 Å². The number of rotatable bonds is 5. The van der Waals surface area contributed by atoms with Gasteiger partial charge in [0.25, 0.3) is 0 Å². The van der Waals surface area contributed by atoms with E-state index in [2.05, 4.69) is 26.8 Å². The van der Waals surface area contributed by atoms with Crippen LogP contribution >= 0.6 is 0 Å². The van der Waals surface area contributed by atoms with E-state index in [1.54, 1.807) is 5.57 Å². The molecule has 4 aliphatic carbocycles. The van der Waals surface area contributed by atoms with E-state index in [1.807, 2.05) is 0 Å². The minimum atomic E-state index is -0.0513. The van der Waals surface area contributed by atoms with Gasteiger partial charge in [0.15, 0.2) is 0 Å². The lowest BCUT2D eigenvalue weighted by Gasteiger charge is -2.54. The van der Waals surface area contributed by atoms with E-state index in [-0.39, 0.29) is 6.10 Å². The molecule has 0 heterocycles. The lowest BCUT2D eigenvalue weighted by Crippen LogP contribution is -2.46. The van der Waals surface area contributed by atoms with Gasteiger partial charge >= 0.3 is 0 Å². The van der Waals surface area contributed by atoms with Gasteiger partial charge in [-0.15, -0.1) is 0 Å². The molecule has 0 aliphatic heterocycles. The first-order valence-corrected chi connectivity index (χ1v) is 11.9. The number of fused-ring (bicyclic) bond motifs is 5. The Labute approximate surface area is 162 Å². The summed E-state index contributed by atoms with van der Waals surface area (Å²) in [5.41, 5.74) is 2.27. The highest BCUT2D eigenvalue weighted by Crippen LogP contribution is 2.64. The van der Waals surface area contributed by atoms with Crippen molar-refractivity contribution in [2.24, 2.45) is 40.9 Å². The smallest absolute Gasteiger partial charge is 0.0577 e. The van der Waals surface area contributed by atoms with Crippen molar-refractivity contribution >= 4 is 0 Å². The Morgan fingerprint density at radius 3 is 2.73 bits per heavy atom. The van der Waals surface area contributed by atoms with E-state index in [0.29, 0.717) is 5.41 Å². The third-order valence-corrected chi connectivity index (χ3v) is 9.20. The van der Waals surface area contributed by atoms with Gasteiger partial charge in [0.05, 0.1) is 6.10 Å². The van der Waals surface area contributed by atoms with Crippen LogP contribution in [0.3, 0.4) is 0 Å². The predicted molar refractivity (Wildman–Crippen MR) is 110 cm³/mol. The lowest BCUT2D eigenvalue weighted by molar-refractivity contribution is -0.0200. The molecule has 148 valence electrons. The zero-order valence-corrected chi connectivity index (χ0v) is 17.6. The van der Waals surface area contributed by atoms with Crippen molar-refractivity contribution in [2.45, 2.75) is 104 Å². The number of hydrogen-bond acceptors (Lipinski definition) is 1. The first kappa shape index (κ1) is 19.0. The lowest BCUT2D eigenvalue weighted by atomic mass is 9.51. The maximum Gasteiger partial charge on any atom is 0.0577 e. The monoisotopic (exact) mass is 358 g/mol. The first-order chi connectivity index (χ1) is 12.5. The summed E-state index contributed by atoms with van der Waals surface area (Å²) in [6.45, 7) is 7.41. The van der Waals surface area contributed by atoms with Crippen LogP contribution in [0.4, 0.5) is 0 Å². The number of hydrogen-bond donors (Lipinski definition) is 1. The molecule has 0 amide bonds. The highest BCUT2D eigenvalue weighted by Gasteiger charge is 2.55. The normalized spacial score (nSPS) is 45.0. The number of unbranched alkanes of at least 4 members (excludes halogenated alkanes) is 1. The average Bonchev–Trinajstić information content (AvgIpc) is 2.94. The third-order valence-electron chi connectivity index (χ3n) is 9.20. The van der Waals surface area contributed by atoms with Crippen molar-refractivity contribution in [1.29, 1.82) is 0 Å². The second kappa shape index (κ2) is 7.61. The molecule has 0 aromatic heterocycles. The van der Waals surface area contributed by atoms with Gasteiger partial charge in [0, 0.05) is 0 Å². The summed E-state index contributed by atoms with van der Waals surface area (Å²) in [4.78, 5) is 0. The van der Waals surface area contributed by atoms with Crippen LogP contribution in [0.25, 0.3) is 0 Å². The molecule has 7 atom stereocenters. The molecule has 0 bridgehead atoms. The maximum absolute atomic E-state index is 10.1. The standard InChI is InChI=1S/C25H42O/c1-17(2)6-4-5-7-19-9-13-24-23-11-8-18-16-20(26)10-12-21(18)22(23)14-15-25(19,24)3/h8,17,19-24,26H,4-7,9-16H2,1-3H3. The topological polar surface area (TPSA) is 20.2 Å². The quantitative estimate of drug-likeness (QED) is 0.425. The average molecular weight is 359 g/mol. The van der Waals surface area contributed by atoms with E-state index in [1.165, 1.54) is 64.2 Å². The molecule has 7 unspecified atom stereocenters. The first-order valence-electron chi connectivity index (χ1n) is 11.9. The molecule has 0 aromatic rings. The van der Waals surface area contributed by atoms with E-state index in [4.69, 9.17) is 0 Å². The van der Waals surface area contributed by atoms with Gasteiger partial charge < -0.3 is 5.11 Å². The summed E-state index contributed by atoms with van der Waals surface area (Å²) in [5, 5.41) is 10.1. The second-order valence-corrected chi connectivity index (χ2v) is 11.0. The fourth-order valence-corrected chi connectivity index (χ4v) is 7.78. The van der Waals surface area contributed by atoms with E-state index in [9.17, 15) is 5.11 Å². The van der Waals surface area contributed by atoms with E-state index >= 15 is 0 Å². The molecule has 1 N–H and O–H groups in total. The van der Waals surface area contributed by atoms with Crippen molar-refractivity contribution in [2.75, 3.05) is 0 Å². The van der Waals surface area contributed by atoms with Crippen LogP contribution in [0.1, 0.15) is 97.8 Å². The molecular weight excluding hydrogens is 316 g/mol. The highest BCUT2D eigenvalue weighted by atomic mass is 16.3. The van der Waals surface area contributed by atoms with E-state index in [0.717, 1.165) is 48.3 Å². The Kier molecular flexibility index (Phi) is 5.57. The van der Waals surface area contributed by atoms with Gasteiger partial charge in [-0.3, -0.25) is 0 Å². The van der Waals surface area contributed by atoms with Crippen LogP contribution in [0.2, 0.25) is 0 Å². The highest BCUT2D eigenvalue weighted by molar-refractivity contribution is 5.20. The molecular formula is C25H42O. The van der Waals surface area contributed by atoms with Gasteiger partial charge in [-0.1, -0.05) is 51.7 Å². The Hall–Kier alpha value is -0.300. The zero-order valence-electron chi connectivity index (χ0n) is 17.6. The summed E-state index contributed by atoms with van der Waals surface area (Å²) < 4.78 is 0. The zero-order chi connectivity index (χ0) is 18.3. The van der Waals surface area contributed by atoms with Gasteiger partial charge in [-0.25, -0.2) is 0 Å². The van der Waals surface area contributed by atoms with Crippen LogP contribution in [0.5, 0.6) is 0 Å². The Morgan fingerprint density at radius 1 is 1.08 bits per heavy atom. The summed E-state index contributed by atoms with van der Waals surface area (Å²) in [5.74, 6) is 5.58. The van der Waals surface area contributed by atoms with Crippen LogP contribution in [0.15, 0.2) is 11.6 Å². The van der Waals surface area contributed by atoms with Crippen LogP contribution < -0.4 is 0 Å². The van der Waals surface area contributed by atoms with Crippen molar-refractivity contribution in [1.82, 2.24) is 0 Å². The Balaban J connectivity index is 1.41. The summed E-state index contributed by atoms with van der Waals surface area (Å²) in [7, 11) is 0. The number of allylic oxidation sites excluding steroid dienone is 1. The molecule has 0 spiro atoms. The maximum atomic E-state index is 10.1. The number of aliphatic hydroxyl groups is 1. The van der Waals surface area contributed by atoms with Gasteiger partial charge in [0.2, 0.25) is 0 Å². The van der Waals surface area contributed by atoms with Crippen molar-refractivity contribution in [3.63, 3.8) is 0 Å². The van der Waals surface area contributed by atoms with Crippen LogP contribution in [-0.2, 0) is 0 Å². The third kappa shape index (κ3) is 3.43.